The molecule has 7 nitrogen and oxygen atoms in total. The van der Waals surface area contributed by atoms with Crippen molar-refractivity contribution >= 4 is 51.6 Å². The molecule has 9 heteroatoms. The van der Waals surface area contributed by atoms with Crippen LogP contribution in [0, 0.1) is 0 Å². The highest BCUT2D eigenvalue weighted by molar-refractivity contribution is 14.0. The Morgan fingerprint density at radius 3 is 2.75 bits per heavy atom. The van der Waals surface area contributed by atoms with Crippen molar-refractivity contribution in [3.05, 3.63) is 40.5 Å². The van der Waals surface area contributed by atoms with E-state index in [-0.39, 0.29) is 29.9 Å². The number of halogens is 2. The molecule has 154 valence electrons. The fourth-order valence-corrected chi connectivity index (χ4v) is 3.31. The number of aliphatic imine (C=N–C) groups is 1. The van der Waals surface area contributed by atoms with Crippen LogP contribution >= 0.6 is 39.9 Å². The first-order valence-corrected chi connectivity index (χ1v) is 10.1. The number of guanidine groups is 1. The third-order valence-corrected chi connectivity index (χ3v) is 5.10. The van der Waals surface area contributed by atoms with Crippen molar-refractivity contribution in [1.82, 2.24) is 20.8 Å². The molecule has 1 aliphatic rings. The summed E-state index contributed by atoms with van der Waals surface area (Å²) in [5.41, 5.74) is 1.25. The van der Waals surface area contributed by atoms with Crippen LogP contribution in [0.2, 0.25) is 0 Å². The van der Waals surface area contributed by atoms with Crippen molar-refractivity contribution in [2.75, 3.05) is 31.6 Å². The average molecular weight is 563 g/mol. The fourth-order valence-electron chi connectivity index (χ4n) is 3.04. The van der Waals surface area contributed by atoms with Crippen molar-refractivity contribution in [1.29, 1.82) is 0 Å². The summed E-state index contributed by atoms with van der Waals surface area (Å²) in [4.78, 5) is 11.1. The zero-order valence-electron chi connectivity index (χ0n) is 16.5. The smallest absolute Gasteiger partial charge is 0.228 e. The van der Waals surface area contributed by atoms with E-state index in [0.29, 0.717) is 24.9 Å². The Bertz CT molecular complexity index is 764. The number of hydrogen-bond donors (Lipinski definition) is 2. The second kappa shape index (κ2) is 11.0. The van der Waals surface area contributed by atoms with Gasteiger partial charge in [0.05, 0.1) is 0 Å². The number of benzene rings is 1. The summed E-state index contributed by atoms with van der Waals surface area (Å²) >= 11 is 3.49. The quantitative estimate of drug-likeness (QED) is 0.318. The maximum absolute atomic E-state index is 5.27. The number of rotatable bonds is 6. The van der Waals surface area contributed by atoms with Gasteiger partial charge in [0.2, 0.25) is 5.89 Å². The van der Waals surface area contributed by atoms with E-state index in [2.05, 4.69) is 84.7 Å². The molecule has 28 heavy (non-hydrogen) atoms. The summed E-state index contributed by atoms with van der Waals surface area (Å²) < 4.78 is 6.38. The lowest BCUT2D eigenvalue weighted by atomic mass is 10.2. The number of nitrogens with zero attached hydrogens (tertiary/aromatic N) is 4. The van der Waals surface area contributed by atoms with Gasteiger partial charge in [-0.1, -0.05) is 34.9 Å². The molecule has 3 rings (SSSR count). The molecule has 0 saturated carbocycles. The molecule has 0 radical (unpaired) electrons. The largest absolute Gasteiger partial charge is 0.369 e. The first kappa shape index (κ1) is 22.9. The Morgan fingerprint density at radius 1 is 1.36 bits per heavy atom. The number of hydrogen-bond acceptors (Lipinski definition) is 5. The van der Waals surface area contributed by atoms with Crippen LogP contribution in [0.1, 0.15) is 37.9 Å². The van der Waals surface area contributed by atoms with E-state index in [1.807, 2.05) is 0 Å². The Hall–Kier alpha value is -1.36. The van der Waals surface area contributed by atoms with Crippen LogP contribution in [-0.2, 0) is 6.42 Å². The molecule has 1 aliphatic heterocycles. The van der Waals surface area contributed by atoms with Gasteiger partial charge in [0.25, 0.3) is 0 Å². The number of aromatic nitrogens is 2. The third-order valence-electron chi connectivity index (χ3n) is 4.58. The molecule has 0 bridgehead atoms. The predicted octanol–water partition coefficient (Wildman–Crippen LogP) is 3.56. The summed E-state index contributed by atoms with van der Waals surface area (Å²) in [7, 11) is 1.79. The monoisotopic (exact) mass is 562 g/mol. The van der Waals surface area contributed by atoms with E-state index >= 15 is 0 Å². The molecule has 1 unspecified atom stereocenters. The molecule has 0 amide bonds. The van der Waals surface area contributed by atoms with E-state index in [4.69, 9.17) is 4.52 Å². The van der Waals surface area contributed by atoms with Crippen LogP contribution in [0.3, 0.4) is 0 Å². The first-order chi connectivity index (χ1) is 13.0. The van der Waals surface area contributed by atoms with Gasteiger partial charge < -0.3 is 20.1 Å². The average Bonchev–Trinajstić information content (AvgIpc) is 3.31. The first-order valence-electron chi connectivity index (χ1n) is 9.35. The summed E-state index contributed by atoms with van der Waals surface area (Å²) in [6.45, 7) is 6.80. The zero-order chi connectivity index (χ0) is 19.2. The summed E-state index contributed by atoms with van der Waals surface area (Å²) in [6, 6.07) is 8.83. The second-order valence-electron chi connectivity index (χ2n) is 7.00. The van der Waals surface area contributed by atoms with Gasteiger partial charge in [0.1, 0.15) is 0 Å². The van der Waals surface area contributed by atoms with Crippen LogP contribution in [-0.4, -0.2) is 48.8 Å². The van der Waals surface area contributed by atoms with Crippen LogP contribution in [0.25, 0.3) is 0 Å². The minimum Gasteiger partial charge on any atom is -0.369 e. The third kappa shape index (κ3) is 6.33. The molecule has 1 aromatic heterocycles. The standard InChI is InChI=1S/C19H27BrN6O.HI/c1-13(2)18-24-17(27-25-18)8-10-22-19(21-3)23-15-9-11-26(12-15)16-6-4-14(20)5-7-16;/h4-7,13,15H,8-12H2,1-3H3,(H2,21,22,23);1H. The van der Waals surface area contributed by atoms with Crippen molar-refractivity contribution in [2.45, 2.75) is 38.6 Å². The normalized spacial score (nSPS) is 17.0. The van der Waals surface area contributed by atoms with E-state index in [0.717, 1.165) is 35.8 Å². The van der Waals surface area contributed by atoms with Crippen molar-refractivity contribution in [2.24, 2.45) is 4.99 Å². The lowest BCUT2D eigenvalue weighted by Gasteiger charge is -2.20. The Balaban J connectivity index is 0.00000280. The fraction of sp³-hybridized carbons (Fsp3) is 0.526. The molecular weight excluding hydrogens is 535 g/mol. The van der Waals surface area contributed by atoms with Crippen molar-refractivity contribution < 1.29 is 4.52 Å². The maximum atomic E-state index is 5.27. The molecule has 1 aromatic carbocycles. The summed E-state index contributed by atoms with van der Waals surface area (Å²) in [6.07, 6.45) is 1.76. The van der Waals surface area contributed by atoms with Gasteiger partial charge in [-0.25, -0.2) is 0 Å². The molecule has 1 atom stereocenters. The Morgan fingerprint density at radius 2 is 2.11 bits per heavy atom. The molecule has 0 aliphatic carbocycles. The van der Waals surface area contributed by atoms with E-state index in [1.54, 1.807) is 7.05 Å². The molecule has 1 saturated heterocycles. The van der Waals surface area contributed by atoms with Crippen LogP contribution < -0.4 is 15.5 Å². The van der Waals surface area contributed by atoms with E-state index in [1.165, 1.54) is 5.69 Å². The molecule has 2 aromatic rings. The Kier molecular flexibility index (Phi) is 9.00. The van der Waals surface area contributed by atoms with Gasteiger partial charge >= 0.3 is 0 Å². The summed E-state index contributed by atoms with van der Waals surface area (Å²) in [5.74, 6) is 2.50. The van der Waals surface area contributed by atoms with Gasteiger partial charge in [-0.3, -0.25) is 4.99 Å². The Labute approximate surface area is 191 Å². The van der Waals surface area contributed by atoms with Gasteiger partial charge in [0, 0.05) is 55.2 Å². The summed E-state index contributed by atoms with van der Waals surface area (Å²) in [5, 5.41) is 10.8. The van der Waals surface area contributed by atoms with Crippen LogP contribution in [0.4, 0.5) is 5.69 Å². The molecule has 1 fully saturated rings. The van der Waals surface area contributed by atoms with Crippen molar-refractivity contribution in [3.8, 4) is 0 Å². The topological polar surface area (TPSA) is 78.6 Å². The van der Waals surface area contributed by atoms with Gasteiger partial charge in [0.15, 0.2) is 11.8 Å². The highest BCUT2D eigenvalue weighted by atomic mass is 127. The highest BCUT2D eigenvalue weighted by Crippen LogP contribution is 2.22. The minimum absolute atomic E-state index is 0. The van der Waals surface area contributed by atoms with E-state index in [9.17, 15) is 0 Å². The number of nitrogens with one attached hydrogen (secondary N) is 2. The second-order valence-corrected chi connectivity index (χ2v) is 7.92. The van der Waals surface area contributed by atoms with Crippen LogP contribution in [0.5, 0.6) is 0 Å². The van der Waals surface area contributed by atoms with Gasteiger partial charge in [-0.15, -0.1) is 24.0 Å². The number of anilines is 1. The molecule has 2 heterocycles. The van der Waals surface area contributed by atoms with Crippen LogP contribution in [0.15, 0.2) is 38.3 Å². The highest BCUT2D eigenvalue weighted by Gasteiger charge is 2.23. The van der Waals surface area contributed by atoms with Gasteiger partial charge in [-0.05, 0) is 30.7 Å². The van der Waals surface area contributed by atoms with Gasteiger partial charge in [-0.2, -0.15) is 4.98 Å². The zero-order valence-corrected chi connectivity index (χ0v) is 20.4. The minimum atomic E-state index is 0. The molecule has 2 N–H and O–H groups in total. The lowest BCUT2D eigenvalue weighted by molar-refractivity contribution is 0.371. The van der Waals surface area contributed by atoms with E-state index < -0.39 is 0 Å². The predicted molar refractivity (Wildman–Crippen MR) is 127 cm³/mol. The lowest BCUT2D eigenvalue weighted by Crippen LogP contribution is -2.45. The molecular formula is C19H28BrIN6O. The SMILES string of the molecule is CN=C(NCCc1nc(C(C)C)no1)NC1CCN(c2ccc(Br)cc2)C1.I. The molecule has 0 spiro atoms. The van der Waals surface area contributed by atoms with Crippen molar-refractivity contribution in [3.63, 3.8) is 0 Å². The maximum Gasteiger partial charge on any atom is 0.228 e.